The first-order chi connectivity index (χ1) is 7.10. The lowest BCUT2D eigenvalue weighted by Crippen LogP contribution is -2.35. The van der Waals surface area contributed by atoms with Crippen LogP contribution in [-0.4, -0.2) is 18.3 Å². The monoisotopic (exact) mass is 238 g/mol. The molecule has 0 heterocycles. The van der Waals surface area contributed by atoms with Crippen LogP contribution in [0.2, 0.25) is 25.7 Å². The van der Waals surface area contributed by atoms with Gasteiger partial charge >= 0.3 is 0 Å². The van der Waals surface area contributed by atoms with E-state index in [2.05, 4.69) is 19.6 Å². The van der Waals surface area contributed by atoms with Crippen molar-refractivity contribution in [1.82, 2.24) is 0 Å². The van der Waals surface area contributed by atoms with Crippen LogP contribution in [0, 0.1) is 13.8 Å². The average molecular weight is 238 g/mol. The van der Waals surface area contributed by atoms with Gasteiger partial charge in [-0.2, -0.15) is 0 Å². The van der Waals surface area contributed by atoms with E-state index < -0.39 is 13.9 Å². The van der Waals surface area contributed by atoms with Gasteiger partial charge in [-0.05, 0) is 13.8 Å². The molecular weight excluding hydrogens is 216 g/mol. The van der Waals surface area contributed by atoms with Crippen LogP contribution in [0.5, 0.6) is 0 Å². The minimum absolute atomic E-state index is 0.461. The highest BCUT2D eigenvalue weighted by atomic mass is 28.3. The molecule has 1 aromatic rings. The maximum absolute atomic E-state index is 10.2. The molecule has 1 aromatic carbocycles. The zero-order chi connectivity index (χ0) is 12.6. The molecular formula is C13H22O2Si. The first-order valence-electron chi connectivity index (χ1n) is 5.64. The van der Waals surface area contributed by atoms with Crippen molar-refractivity contribution in [2.24, 2.45) is 0 Å². The maximum Gasteiger partial charge on any atom is 0.187 e. The number of aryl methyl sites for hydroxylation is 2. The van der Waals surface area contributed by atoms with E-state index in [1.54, 1.807) is 0 Å². The van der Waals surface area contributed by atoms with Crippen LogP contribution in [0.1, 0.15) is 16.7 Å². The van der Waals surface area contributed by atoms with E-state index in [1.165, 1.54) is 0 Å². The predicted molar refractivity (Wildman–Crippen MR) is 70.2 cm³/mol. The molecule has 0 aliphatic heterocycles. The second kappa shape index (κ2) is 4.32. The minimum atomic E-state index is -1.68. The van der Waals surface area contributed by atoms with E-state index >= 15 is 0 Å². The Kier molecular flexibility index (Phi) is 3.62. The highest BCUT2D eigenvalue weighted by Gasteiger charge is 2.32. The molecule has 0 fully saturated rings. The van der Waals surface area contributed by atoms with Crippen LogP contribution in [-0.2, 0) is 5.79 Å². The summed E-state index contributed by atoms with van der Waals surface area (Å²) in [5.41, 5.74) is 2.75. The second-order valence-electron chi connectivity index (χ2n) is 5.93. The fourth-order valence-corrected chi connectivity index (χ4v) is 3.73. The molecule has 1 rings (SSSR count). The van der Waals surface area contributed by atoms with Crippen molar-refractivity contribution in [2.45, 2.75) is 45.3 Å². The fraction of sp³-hybridized carbons (Fsp3) is 0.538. The van der Waals surface area contributed by atoms with Gasteiger partial charge in [0.15, 0.2) is 5.79 Å². The molecule has 0 amide bonds. The van der Waals surface area contributed by atoms with Crippen molar-refractivity contribution in [1.29, 1.82) is 0 Å². The summed E-state index contributed by atoms with van der Waals surface area (Å²) in [7, 11) is -1.51. The lowest BCUT2D eigenvalue weighted by atomic mass is 10.0. The summed E-state index contributed by atoms with van der Waals surface area (Å²) in [5.74, 6) is -1.68. The predicted octanol–water partition coefficient (Wildman–Crippen LogP) is 2.78. The first-order valence-corrected chi connectivity index (χ1v) is 9.34. The summed E-state index contributed by atoms with van der Waals surface area (Å²) in [6.45, 7) is 10.4. The smallest absolute Gasteiger partial charge is 0.187 e. The summed E-state index contributed by atoms with van der Waals surface area (Å²) in [4.78, 5) is 0. The molecule has 0 atom stereocenters. The molecule has 3 heteroatoms. The molecule has 0 aliphatic carbocycles. The molecule has 0 radical (unpaired) electrons. The summed E-state index contributed by atoms with van der Waals surface area (Å²) >= 11 is 0. The van der Waals surface area contributed by atoms with Crippen LogP contribution in [0.25, 0.3) is 0 Å². The van der Waals surface area contributed by atoms with Crippen LogP contribution in [0.4, 0.5) is 0 Å². The van der Waals surface area contributed by atoms with E-state index in [-0.39, 0.29) is 0 Å². The quantitative estimate of drug-likeness (QED) is 0.628. The van der Waals surface area contributed by atoms with Crippen molar-refractivity contribution < 1.29 is 10.2 Å². The van der Waals surface area contributed by atoms with E-state index in [0.29, 0.717) is 11.6 Å². The van der Waals surface area contributed by atoms with Crippen molar-refractivity contribution in [2.75, 3.05) is 0 Å². The Balaban J connectivity index is 3.06. The Morgan fingerprint density at radius 2 is 1.44 bits per heavy atom. The van der Waals surface area contributed by atoms with Crippen LogP contribution in [0.15, 0.2) is 18.2 Å². The average Bonchev–Trinajstić information content (AvgIpc) is 1.96. The SMILES string of the molecule is Cc1cc(C)cc(C(O)(O)C[Si](C)(C)C)c1. The van der Waals surface area contributed by atoms with Gasteiger partial charge in [0.2, 0.25) is 0 Å². The third-order valence-electron chi connectivity index (χ3n) is 2.46. The van der Waals surface area contributed by atoms with Gasteiger partial charge in [-0.1, -0.05) is 49.0 Å². The number of hydrogen-bond acceptors (Lipinski definition) is 2. The van der Waals surface area contributed by atoms with Gasteiger partial charge < -0.3 is 10.2 Å². The number of rotatable bonds is 3. The normalized spacial score (nSPS) is 12.9. The first kappa shape index (κ1) is 13.4. The summed E-state index contributed by atoms with van der Waals surface area (Å²) in [6, 6.07) is 6.21. The lowest BCUT2D eigenvalue weighted by Gasteiger charge is -2.29. The Bertz CT molecular complexity index is 358. The molecule has 2 nitrogen and oxygen atoms in total. The summed E-state index contributed by atoms with van der Waals surface area (Å²) in [6.07, 6.45) is 0. The van der Waals surface area contributed by atoms with Gasteiger partial charge in [0.1, 0.15) is 0 Å². The van der Waals surface area contributed by atoms with Crippen molar-refractivity contribution in [3.63, 3.8) is 0 Å². The van der Waals surface area contributed by atoms with Crippen molar-refractivity contribution in [3.8, 4) is 0 Å². The van der Waals surface area contributed by atoms with Crippen molar-refractivity contribution in [3.05, 3.63) is 34.9 Å². The largest absolute Gasteiger partial charge is 0.362 e. The third kappa shape index (κ3) is 3.74. The lowest BCUT2D eigenvalue weighted by molar-refractivity contribution is -0.153. The molecule has 0 aromatic heterocycles. The Morgan fingerprint density at radius 3 is 1.81 bits per heavy atom. The number of hydrogen-bond donors (Lipinski definition) is 2. The van der Waals surface area contributed by atoms with Gasteiger partial charge in [0, 0.05) is 11.6 Å². The fourth-order valence-electron chi connectivity index (χ4n) is 2.05. The molecule has 16 heavy (non-hydrogen) atoms. The van der Waals surface area contributed by atoms with Gasteiger partial charge in [-0.15, -0.1) is 0 Å². The van der Waals surface area contributed by atoms with Gasteiger partial charge in [-0.25, -0.2) is 0 Å². The Hall–Kier alpha value is -0.643. The molecule has 2 N–H and O–H groups in total. The minimum Gasteiger partial charge on any atom is -0.362 e. The van der Waals surface area contributed by atoms with Gasteiger partial charge in [0.05, 0.1) is 8.07 Å². The third-order valence-corrected chi connectivity index (χ3v) is 4.01. The maximum atomic E-state index is 10.2. The molecule has 0 saturated carbocycles. The van der Waals surface area contributed by atoms with E-state index in [4.69, 9.17) is 0 Å². The topological polar surface area (TPSA) is 40.5 Å². The molecule has 90 valence electrons. The highest BCUT2D eigenvalue weighted by molar-refractivity contribution is 6.76. The Labute approximate surface area is 99.0 Å². The number of aliphatic hydroxyl groups is 2. The zero-order valence-electron chi connectivity index (χ0n) is 10.8. The highest BCUT2D eigenvalue weighted by Crippen LogP contribution is 2.29. The molecule has 0 saturated heterocycles. The van der Waals surface area contributed by atoms with Crippen LogP contribution < -0.4 is 0 Å². The zero-order valence-corrected chi connectivity index (χ0v) is 11.8. The van der Waals surface area contributed by atoms with Crippen molar-refractivity contribution >= 4 is 8.07 Å². The van der Waals surface area contributed by atoms with Gasteiger partial charge in [-0.3, -0.25) is 0 Å². The number of benzene rings is 1. The molecule has 0 unspecified atom stereocenters. The molecule has 0 aliphatic rings. The standard InChI is InChI=1S/C13H22O2Si/c1-10-6-11(2)8-12(7-10)13(14,15)9-16(3,4)5/h6-8,14-15H,9H2,1-5H3. The molecule has 0 spiro atoms. The molecule has 0 bridgehead atoms. The Morgan fingerprint density at radius 1 is 1.00 bits per heavy atom. The van der Waals surface area contributed by atoms with Crippen LogP contribution >= 0.6 is 0 Å². The summed E-state index contributed by atoms with van der Waals surface area (Å²) < 4.78 is 0. The van der Waals surface area contributed by atoms with E-state index in [1.807, 2.05) is 32.0 Å². The van der Waals surface area contributed by atoms with E-state index in [9.17, 15) is 10.2 Å². The van der Waals surface area contributed by atoms with Crippen LogP contribution in [0.3, 0.4) is 0 Å². The second-order valence-corrected chi connectivity index (χ2v) is 11.4. The van der Waals surface area contributed by atoms with E-state index in [0.717, 1.165) is 11.1 Å². The summed E-state index contributed by atoms with van der Waals surface area (Å²) in [5, 5.41) is 20.3. The van der Waals surface area contributed by atoms with Gasteiger partial charge in [0.25, 0.3) is 0 Å².